The van der Waals surface area contributed by atoms with Crippen LogP contribution in [-0.2, 0) is 17.8 Å². The van der Waals surface area contributed by atoms with E-state index in [0.717, 1.165) is 17.9 Å². The van der Waals surface area contributed by atoms with Gasteiger partial charge in [0.15, 0.2) is 0 Å². The summed E-state index contributed by atoms with van der Waals surface area (Å²) in [4.78, 5) is 36.7. The largest absolute Gasteiger partial charge is 0.339 e. The van der Waals surface area contributed by atoms with E-state index >= 15 is 0 Å². The van der Waals surface area contributed by atoms with Crippen LogP contribution in [0.3, 0.4) is 0 Å². The van der Waals surface area contributed by atoms with Gasteiger partial charge in [-0.1, -0.05) is 13.8 Å². The number of aromatic nitrogens is 4. The molecule has 0 saturated carbocycles. The summed E-state index contributed by atoms with van der Waals surface area (Å²) in [5, 5.41) is 4.64. The molecule has 0 radical (unpaired) electrons. The van der Waals surface area contributed by atoms with Crippen molar-refractivity contribution >= 4 is 11.8 Å². The lowest BCUT2D eigenvalue weighted by molar-refractivity contribution is -0.132. The van der Waals surface area contributed by atoms with Crippen molar-refractivity contribution in [1.82, 2.24) is 29.5 Å². The molecular weight excluding hydrogens is 368 g/mol. The SMILES string of the molecule is Cc1nn(CC(C)C)c(C)c1CCC(=O)N1CCN(C(=O)c2cnccn2)CC1. The number of nitrogens with zero attached hydrogens (tertiary/aromatic N) is 6. The summed E-state index contributed by atoms with van der Waals surface area (Å²) in [6.45, 7) is 11.5. The zero-order valence-electron chi connectivity index (χ0n) is 17.8. The van der Waals surface area contributed by atoms with Gasteiger partial charge in [-0.15, -0.1) is 0 Å². The summed E-state index contributed by atoms with van der Waals surface area (Å²) in [5.74, 6) is 0.532. The van der Waals surface area contributed by atoms with Gasteiger partial charge in [0.2, 0.25) is 5.91 Å². The first-order valence-corrected chi connectivity index (χ1v) is 10.2. The van der Waals surface area contributed by atoms with Crippen LogP contribution in [0.25, 0.3) is 0 Å². The second kappa shape index (κ2) is 9.15. The number of aryl methyl sites for hydroxylation is 1. The Morgan fingerprint density at radius 3 is 2.38 bits per heavy atom. The Hall–Kier alpha value is -2.77. The normalized spacial score (nSPS) is 14.5. The van der Waals surface area contributed by atoms with E-state index < -0.39 is 0 Å². The molecule has 156 valence electrons. The van der Waals surface area contributed by atoms with Crippen molar-refractivity contribution in [2.45, 2.75) is 47.1 Å². The van der Waals surface area contributed by atoms with Gasteiger partial charge in [-0.05, 0) is 31.7 Å². The highest BCUT2D eigenvalue weighted by Crippen LogP contribution is 2.17. The van der Waals surface area contributed by atoms with Gasteiger partial charge in [0, 0.05) is 57.2 Å². The van der Waals surface area contributed by atoms with Crippen LogP contribution in [0.4, 0.5) is 0 Å². The van der Waals surface area contributed by atoms with E-state index in [-0.39, 0.29) is 11.8 Å². The molecule has 1 fully saturated rings. The lowest BCUT2D eigenvalue weighted by atomic mass is 10.1. The predicted octanol–water partition coefficient (Wildman–Crippen LogP) is 1.86. The van der Waals surface area contributed by atoms with Crippen LogP contribution in [-0.4, -0.2) is 67.5 Å². The van der Waals surface area contributed by atoms with Crippen molar-refractivity contribution < 1.29 is 9.59 Å². The number of amides is 2. The molecule has 1 aliphatic rings. The Balaban J connectivity index is 1.52. The van der Waals surface area contributed by atoms with Gasteiger partial charge in [0.1, 0.15) is 5.69 Å². The summed E-state index contributed by atoms with van der Waals surface area (Å²) in [6, 6.07) is 0. The molecule has 8 nitrogen and oxygen atoms in total. The molecule has 0 spiro atoms. The fourth-order valence-electron chi connectivity index (χ4n) is 3.74. The predicted molar refractivity (Wildman–Crippen MR) is 109 cm³/mol. The van der Waals surface area contributed by atoms with Crippen LogP contribution >= 0.6 is 0 Å². The van der Waals surface area contributed by atoms with Gasteiger partial charge in [0.05, 0.1) is 11.9 Å². The third kappa shape index (κ3) is 4.99. The highest BCUT2D eigenvalue weighted by molar-refractivity contribution is 5.92. The quantitative estimate of drug-likeness (QED) is 0.742. The zero-order valence-corrected chi connectivity index (χ0v) is 17.8. The van der Waals surface area contributed by atoms with Gasteiger partial charge in [-0.3, -0.25) is 19.3 Å². The Morgan fingerprint density at radius 1 is 1.07 bits per heavy atom. The average molecular weight is 399 g/mol. The second-order valence-electron chi connectivity index (χ2n) is 7.99. The van der Waals surface area contributed by atoms with E-state index in [1.165, 1.54) is 18.0 Å². The van der Waals surface area contributed by atoms with Crippen LogP contribution in [0.15, 0.2) is 18.6 Å². The van der Waals surface area contributed by atoms with Crippen molar-refractivity contribution in [3.63, 3.8) is 0 Å². The molecular formula is C21H30N6O2. The van der Waals surface area contributed by atoms with Crippen molar-refractivity contribution in [3.8, 4) is 0 Å². The maximum Gasteiger partial charge on any atom is 0.274 e. The number of piperazine rings is 1. The molecule has 0 aromatic carbocycles. The molecule has 0 atom stereocenters. The summed E-state index contributed by atoms with van der Waals surface area (Å²) in [7, 11) is 0. The number of rotatable bonds is 6. The Labute approximate surface area is 171 Å². The Bertz CT molecular complexity index is 854. The lowest BCUT2D eigenvalue weighted by Crippen LogP contribution is -2.50. The smallest absolute Gasteiger partial charge is 0.274 e. The summed E-state index contributed by atoms with van der Waals surface area (Å²) in [6.07, 6.45) is 5.70. The third-order valence-corrected chi connectivity index (χ3v) is 5.36. The van der Waals surface area contributed by atoms with E-state index in [1.54, 1.807) is 11.1 Å². The van der Waals surface area contributed by atoms with Crippen molar-refractivity contribution in [2.75, 3.05) is 26.2 Å². The van der Waals surface area contributed by atoms with Crippen LogP contribution in [0, 0.1) is 19.8 Å². The van der Waals surface area contributed by atoms with Crippen LogP contribution in [0.5, 0.6) is 0 Å². The van der Waals surface area contributed by atoms with Gasteiger partial charge >= 0.3 is 0 Å². The number of hydrogen-bond acceptors (Lipinski definition) is 5. The van der Waals surface area contributed by atoms with E-state index in [2.05, 4.69) is 40.5 Å². The first-order chi connectivity index (χ1) is 13.9. The van der Waals surface area contributed by atoms with E-state index in [1.807, 2.05) is 11.8 Å². The molecule has 0 aliphatic carbocycles. The molecule has 3 rings (SSSR count). The number of carbonyl (C=O) groups excluding carboxylic acids is 2. The van der Waals surface area contributed by atoms with Gasteiger partial charge in [0.25, 0.3) is 5.91 Å². The molecule has 1 aliphatic heterocycles. The van der Waals surface area contributed by atoms with Gasteiger partial charge in [-0.2, -0.15) is 5.10 Å². The van der Waals surface area contributed by atoms with Crippen molar-refractivity contribution in [3.05, 3.63) is 41.2 Å². The lowest BCUT2D eigenvalue weighted by Gasteiger charge is -2.34. The third-order valence-electron chi connectivity index (χ3n) is 5.36. The topological polar surface area (TPSA) is 84.2 Å². The fraction of sp³-hybridized carbons (Fsp3) is 0.571. The summed E-state index contributed by atoms with van der Waals surface area (Å²) < 4.78 is 2.05. The van der Waals surface area contributed by atoms with Crippen LogP contribution in [0.1, 0.15) is 47.7 Å². The van der Waals surface area contributed by atoms with Crippen molar-refractivity contribution in [2.24, 2.45) is 5.92 Å². The van der Waals surface area contributed by atoms with E-state index in [4.69, 9.17) is 0 Å². The molecule has 0 unspecified atom stereocenters. The highest BCUT2D eigenvalue weighted by Gasteiger charge is 2.25. The molecule has 29 heavy (non-hydrogen) atoms. The minimum Gasteiger partial charge on any atom is -0.339 e. The minimum absolute atomic E-state index is 0.131. The molecule has 0 N–H and O–H groups in total. The summed E-state index contributed by atoms with van der Waals surface area (Å²) >= 11 is 0. The standard InChI is InChI=1S/C21H30N6O2/c1-15(2)14-27-17(4)18(16(3)24-27)5-6-20(28)25-9-11-26(12-10-25)21(29)19-13-22-7-8-23-19/h7-8,13,15H,5-6,9-12,14H2,1-4H3. The maximum absolute atomic E-state index is 12.7. The van der Waals surface area contributed by atoms with E-state index in [9.17, 15) is 9.59 Å². The van der Waals surface area contributed by atoms with Crippen molar-refractivity contribution in [1.29, 1.82) is 0 Å². The Kier molecular flexibility index (Phi) is 6.61. The highest BCUT2D eigenvalue weighted by atomic mass is 16.2. The summed E-state index contributed by atoms with van der Waals surface area (Å²) in [5.41, 5.74) is 3.69. The zero-order chi connectivity index (χ0) is 21.0. The monoisotopic (exact) mass is 398 g/mol. The van der Waals surface area contributed by atoms with Crippen LogP contribution < -0.4 is 0 Å². The fourth-order valence-corrected chi connectivity index (χ4v) is 3.74. The van der Waals surface area contributed by atoms with E-state index in [0.29, 0.717) is 50.6 Å². The second-order valence-corrected chi connectivity index (χ2v) is 7.99. The van der Waals surface area contributed by atoms with Gasteiger partial charge < -0.3 is 9.80 Å². The molecule has 2 aromatic rings. The first kappa shape index (κ1) is 21.0. The molecule has 8 heteroatoms. The molecule has 2 amide bonds. The van der Waals surface area contributed by atoms with Gasteiger partial charge in [-0.25, -0.2) is 4.98 Å². The maximum atomic E-state index is 12.7. The molecule has 0 bridgehead atoms. The first-order valence-electron chi connectivity index (χ1n) is 10.2. The Morgan fingerprint density at radius 2 is 1.76 bits per heavy atom. The number of hydrogen-bond donors (Lipinski definition) is 0. The number of carbonyl (C=O) groups is 2. The van der Waals surface area contributed by atoms with Crippen LogP contribution in [0.2, 0.25) is 0 Å². The average Bonchev–Trinajstić information content (AvgIpc) is 2.98. The molecule has 3 heterocycles. The molecule has 2 aromatic heterocycles. The minimum atomic E-state index is -0.131. The molecule has 1 saturated heterocycles.